The SMILES string of the molecule is CSCC[C@H](NC(N)=O)C(=O)OCc1cc(=O)oc2cc(C)ccc12. The third kappa shape index (κ3) is 5.25. The minimum Gasteiger partial charge on any atom is -0.459 e. The summed E-state index contributed by atoms with van der Waals surface area (Å²) in [5.74, 6) is 0.0679. The van der Waals surface area contributed by atoms with Crippen LogP contribution in [0.5, 0.6) is 0 Å². The lowest BCUT2D eigenvalue weighted by atomic mass is 10.1. The largest absolute Gasteiger partial charge is 0.459 e. The lowest BCUT2D eigenvalue weighted by Gasteiger charge is -2.16. The Morgan fingerprint density at radius 3 is 2.80 bits per heavy atom. The highest BCUT2D eigenvalue weighted by Crippen LogP contribution is 2.19. The molecule has 0 aliphatic heterocycles. The number of primary amides is 1. The number of nitrogens with one attached hydrogen (secondary N) is 1. The van der Waals surface area contributed by atoms with Crippen LogP contribution < -0.4 is 16.7 Å². The number of benzene rings is 1. The molecule has 7 nitrogen and oxygen atoms in total. The molecule has 0 aliphatic carbocycles. The Balaban J connectivity index is 2.16. The lowest BCUT2D eigenvalue weighted by Crippen LogP contribution is -2.44. The number of thioether (sulfide) groups is 1. The standard InChI is InChI=1S/C17H20N2O5S/c1-10-3-4-12-11(8-15(20)24-14(12)7-10)9-23-16(21)13(5-6-25-2)19-17(18)22/h3-4,7-8,13H,5-6,9H2,1-2H3,(H3,18,19,22)/t13-/m0/s1. The zero-order valence-electron chi connectivity index (χ0n) is 14.0. The summed E-state index contributed by atoms with van der Waals surface area (Å²) >= 11 is 1.54. The molecule has 25 heavy (non-hydrogen) atoms. The lowest BCUT2D eigenvalue weighted by molar-refractivity contribution is -0.147. The molecule has 2 amide bonds. The number of esters is 1. The molecule has 8 heteroatoms. The van der Waals surface area contributed by atoms with Gasteiger partial charge in [0, 0.05) is 17.0 Å². The van der Waals surface area contributed by atoms with Crippen LogP contribution >= 0.6 is 11.8 Å². The van der Waals surface area contributed by atoms with Gasteiger partial charge in [0.25, 0.3) is 0 Å². The fraction of sp³-hybridized carbons (Fsp3) is 0.353. The van der Waals surface area contributed by atoms with Crippen molar-refractivity contribution in [2.45, 2.75) is 26.0 Å². The van der Waals surface area contributed by atoms with Gasteiger partial charge >= 0.3 is 17.6 Å². The van der Waals surface area contributed by atoms with Gasteiger partial charge in [0.2, 0.25) is 0 Å². The molecular formula is C17H20N2O5S. The number of hydrogen-bond acceptors (Lipinski definition) is 6. The number of aryl methyl sites for hydroxylation is 1. The molecule has 2 rings (SSSR count). The Hall–Kier alpha value is -2.48. The molecule has 1 atom stereocenters. The molecule has 0 fully saturated rings. The van der Waals surface area contributed by atoms with E-state index in [1.54, 1.807) is 17.8 Å². The Kier molecular flexibility index (Phi) is 6.46. The van der Waals surface area contributed by atoms with Crippen molar-refractivity contribution in [1.82, 2.24) is 5.32 Å². The minimum atomic E-state index is -0.821. The van der Waals surface area contributed by atoms with Crippen molar-refractivity contribution in [2.24, 2.45) is 5.73 Å². The molecule has 0 unspecified atom stereocenters. The molecule has 1 aromatic heterocycles. The predicted octanol–water partition coefficient (Wildman–Crippen LogP) is 1.93. The Morgan fingerprint density at radius 1 is 1.36 bits per heavy atom. The summed E-state index contributed by atoms with van der Waals surface area (Å²) in [6.45, 7) is 1.79. The average Bonchev–Trinajstić information content (AvgIpc) is 2.55. The molecule has 0 spiro atoms. The van der Waals surface area contributed by atoms with Crippen LogP contribution in [0.3, 0.4) is 0 Å². The van der Waals surface area contributed by atoms with Gasteiger partial charge in [0.15, 0.2) is 0 Å². The van der Waals surface area contributed by atoms with Crippen LogP contribution in [0.2, 0.25) is 0 Å². The van der Waals surface area contributed by atoms with Crippen molar-refractivity contribution in [2.75, 3.05) is 12.0 Å². The van der Waals surface area contributed by atoms with Crippen molar-refractivity contribution >= 4 is 34.7 Å². The molecular weight excluding hydrogens is 344 g/mol. The van der Waals surface area contributed by atoms with Crippen LogP contribution in [-0.2, 0) is 16.1 Å². The third-order valence-electron chi connectivity index (χ3n) is 3.57. The molecule has 3 N–H and O–H groups in total. The summed E-state index contributed by atoms with van der Waals surface area (Å²) in [7, 11) is 0. The first-order valence-corrected chi connectivity index (χ1v) is 9.05. The highest BCUT2D eigenvalue weighted by Gasteiger charge is 2.21. The molecule has 0 saturated heterocycles. The van der Waals surface area contributed by atoms with Gasteiger partial charge in [-0.15, -0.1) is 0 Å². The summed E-state index contributed by atoms with van der Waals surface area (Å²) in [5.41, 5.74) is 6.52. The number of carbonyl (C=O) groups is 2. The summed E-state index contributed by atoms with van der Waals surface area (Å²) in [6.07, 6.45) is 2.30. The first kappa shape index (κ1) is 18.9. The summed E-state index contributed by atoms with van der Waals surface area (Å²) in [6, 6.07) is 5.12. The van der Waals surface area contributed by atoms with E-state index >= 15 is 0 Å². The number of rotatable bonds is 7. The summed E-state index contributed by atoms with van der Waals surface area (Å²) in [4.78, 5) is 35.0. The van der Waals surface area contributed by atoms with E-state index in [2.05, 4.69) is 5.32 Å². The number of ether oxygens (including phenoxy) is 1. The van der Waals surface area contributed by atoms with Crippen LogP contribution in [0.1, 0.15) is 17.5 Å². The zero-order valence-corrected chi connectivity index (χ0v) is 14.9. The molecule has 0 aliphatic rings. The van der Waals surface area contributed by atoms with Gasteiger partial charge in [-0.3, -0.25) is 0 Å². The first-order valence-electron chi connectivity index (χ1n) is 7.65. The van der Waals surface area contributed by atoms with Crippen molar-refractivity contribution in [3.05, 3.63) is 45.8 Å². The minimum absolute atomic E-state index is 0.0970. The van der Waals surface area contributed by atoms with E-state index in [1.165, 1.54) is 6.07 Å². The van der Waals surface area contributed by atoms with Crippen molar-refractivity contribution in [1.29, 1.82) is 0 Å². The van der Waals surface area contributed by atoms with Crippen LogP contribution in [0.4, 0.5) is 4.79 Å². The normalized spacial score (nSPS) is 11.9. The number of urea groups is 1. The summed E-state index contributed by atoms with van der Waals surface area (Å²) in [5, 5.41) is 3.07. The van der Waals surface area contributed by atoms with E-state index < -0.39 is 23.7 Å². The number of amides is 2. The van der Waals surface area contributed by atoms with E-state index in [9.17, 15) is 14.4 Å². The van der Waals surface area contributed by atoms with Gasteiger partial charge in [0.1, 0.15) is 18.2 Å². The highest BCUT2D eigenvalue weighted by molar-refractivity contribution is 7.98. The first-order chi connectivity index (χ1) is 11.9. The van der Waals surface area contributed by atoms with Gasteiger partial charge in [-0.1, -0.05) is 12.1 Å². The Labute approximate surface area is 148 Å². The van der Waals surface area contributed by atoms with Gasteiger partial charge in [-0.05, 0) is 37.0 Å². The van der Waals surface area contributed by atoms with Crippen LogP contribution in [0, 0.1) is 6.92 Å². The highest BCUT2D eigenvalue weighted by atomic mass is 32.2. The maximum atomic E-state index is 12.2. The molecule has 134 valence electrons. The number of hydrogen-bond donors (Lipinski definition) is 2. The predicted molar refractivity (Wildman–Crippen MR) is 96.5 cm³/mol. The van der Waals surface area contributed by atoms with E-state index in [0.29, 0.717) is 28.7 Å². The number of carbonyl (C=O) groups excluding carboxylic acids is 2. The van der Waals surface area contributed by atoms with Gasteiger partial charge in [-0.25, -0.2) is 14.4 Å². The van der Waals surface area contributed by atoms with Gasteiger partial charge < -0.3 is 20.2 Å². The van der Waals surface area contributed by atoms with Crippen molar-refractivity contribution in [3.63, 3.8) is 0 Å². The smallest absolute Gasteiger partial charge is 0.336 e. The van der Waals surface area contributed by atoms with Crippen LogP contribution in [-0.4, -0.2) is 30.1 Å². The van der Waals surface area contributed by atoms with E-state index in [1.807, 2.05) is 25.3 Å². The quantitative estimate of drug-likeness (QED) is 0.573. The average molecular weight is 364 g/mol. The molecule has 0 radical (unpaired) electrons. The number of nitrogens with two attached hydrogens (primary N) is 1. The topological polar surface area (TPSA) is 112 Å². The van der Waals surface area contributed by atoms with E-state index in [-0.39, 0.29) is 6.61 Å². The molecule has 1 heterocycles. The van der Waals surface area contributed by atoms with Gasteiger partial charge in [0.05, 0.1) is 0 Å². The summed E-state index contributed by atoms with van der Waals surface area (Å²) < 4.78 is 10.5. The Morgan fingerprint density at radius 2 is 2.12 bits per heavy atom. The second-order valence-electron chi connectivity index (χ2n) is 5.54. The molecule has 0 saturated carbocycles. The maximum Gasteiger partial charge on any atom is 0.336 e. The second kappa shape index (κ2) is 8.57. The van der Waals surface area contributed by atoms with Crippen molar-refractivity contribution < 1.29 is 18.7 Å². The van der Waals surface area contributed by atoms with Crippen LogP contribution in [0.15, 0.2) is 33.5 Å². The third-order valence-corrected chi connectivity index (χ3v) is 4.21. The number of fused-ring (bicyclic) bond motifs is 1. The molecule has 0 bridgehead atoms. The van der Waals surface area contributed by atoms with Crippen LogP contribution in [0.25, 0.3) is 11.0 Å². The zero-order chi connectivity index (χ0) is 18.4. The van der Waals surface area contributed by atoms with E-state index in [0.717, 1.165) is 5.56 Å². The van der Waals surface area contributed by atoms with E-state index in [4.69, 9.17) is 14.9 Å². The monoisotopic (exact) mass is 364 g/mol. The molecule has 2 aromatic rings. The van der Waals surface area contributed by atoms with Crippen molar-refractivity contribution in [3.8, 4) is 0 Å². The molecule has 1 aromatic carbocycles. The fourth-order valence-electron chi connectivity index (χ4n) is 2.36. The van der Waals surface area contributed by atoms with Gasteiger partial charge in [-0.2, -0.15) is 11.8 Å². The maximum absolute atomic E-state index is 12.2. The fourth-order valence-corrected chi connectivity index (χ4v) is 2.83. The Bertz CT molecular complexity index is 833. The second-order valence-corrected chi connectivity index (χ2v) is 6.53.